The Morgan fingerprint density at radius 2 is 1.89 bits per heavy atom. The number of carbonyl (C=O) groups is 2. The van der Waals surface area contributed by atoms with Gasteiger partial charge < -0.3 is 14.8 Å². The summed E-state index contributed by atoms with van der Waals surface area (Å²) in [6.07, 6.45) is -0.906. The van der Waals surface area contributed by atoms with E-state index in [4.69, 9.17) is 9.47 Å². The van der Waals surface area contributed by atoms with Gasteiger partial charge in [-0.1, -0.05) is 29.8 Å². The Hall–Kier alpha value is -3.12. The molecule has 1 aliphatic rings. The molecule has 2 heterocycles. The number of nitrogens with one attached hydrogen (secondary N) is 1. The number of amides is 1. The molecule has 142 valence electrons. The third-order valence-corrected chi connectivity index (χ3v) is 5.69. The molecule has 0 saturated carbocycles. The number of hydrogen-bond acceptors (Lipinski definition) is 5. The van der Waals surface area contributed by atoms with Crippen LogP contribution in [0.1, 0.15) is 27.7 Å². The van der Waals surface area contributed by atoms with Crippen LogP contribution in [0.5, 0.6) is 5.75 Å². The van der Waals surface area contributed by atoms with Gasteiger partial charge in [-0.3, -0.25) is 4.79 Å². The minimum Gasteiger partial charge on any atom is -0.488 e. The van der Waals surface area contributed by atoms with Crippen molar-refractivity contribution in [2.45, 2.75) is 26.6 Å². The fourth-order valence-electron chi connectivity index (χ4n) is 2.95. The molecule has 0 spiro atoms. The van der Waals surface area contributed by atoms with Crippen LogP contribution in [0.2, 0.25) is 0 Å². The van der Waals surface area contributed by atoms with Crippen LogP contribution < -0.4 is 10.1 Å². The van der Waals surface area contributed by atoms with Gasteiger partial charge in [0.15, 0.2) is 6.10 Å². The molecule has 0 radical (unpaired) electrons. The first-order chi connectivity index (χ1) is 13.5. The van der Waals surface area contributed by atoms with Crippen molar-refractivity contribution in [3.05, 3.63) is 70.6 Å². The number of rotatable bonds is 4. The molecule has 1 aromatic heterocycles. The molecular weight excluding hydrogens is 374 g/mol. The minimum atomic E-state index is -0.906. The Kier molecular flexibility index (Phi) is 4.88. The van der Waals surface area contributed by atoms with Gasteiger partial charge in [-0.15, -0.1) is 11.3 Å². The number of fused-ring (bicyclic) bond motifs is 3. The van der Waals surface area contributed by atoms with Crippen molar-refractivity contribution in [1.29, 1.82) is 0 Å². The second-order valence-corrected chi connectivity index (χ2v) is 7.70. The summed E-state index contributed by atoms with van der Waals surface area (Å²) in [6, 6.07) is 16.9. The molecule has 2 aromatic carbocycles. The van der Waals surface area contributed by atoms with E-state index in [1.165, 1.54) is 11.3 Å². The summed E-state index contributed by atoms with van der Waals surface area (Å²) in [4.78, 5) is 26.3. The lowest BCUT2D eigenvalue weighted by atomic mass is 10.1. The predicted molar refractivity (Wildman–Crippen MR) is 109 cm³/mol. The van der Waals surface area contributed by atoms with Crippen LogP contribution in [-0.4, -0.2) is 18.0 Å². The molecule has 5 nitrogen and oxygen atoms in total. The van der Waals surface area contributed by atoms with Crippen LogP contribution in [0.25, 0.3) is 10.4 Å². The SMILES string of the molecule is Cc1ccc(NC(=O)[C@H](C)OC(=O)c2cc3c(s2)-c2ccccc2OC3)cc1. The Bertz CT molecular complexity index is 1040. The highest BCUT2D eigenvalue weighted by atomic mass is 32.1. The second kappa shape index (κ2) is 7.48. The fourth-order valence-corrected chi connectivity index (χ4v) is 4.03. The molecule has 4 rings (SSSR count). The maximum atomic E-state index is 12.6. The number of benzene rings is 2. The van der Waals surface area contributed by atoms with Crippen LogP contribution in [-0.2, 0) is 16.1 Å². The summed E-state index contributed by atoms with van der Waals surface area (Å²) in [6.45, 7) is 3.95. The molecule has 0 aliphatic carbocycles. The Morgan fingerprint density at radius 1 is 1.14 bits per heavy atom. The van der Waals surface area contributed by atoms with Crippen molar-refractivity contribution in [2.75, 3.05) is 5.32 Å². The van der Waals surface area contributed by atoms with Crippen LogP contribution in [0.3, 0.4) is 0 Å². The molecule has 0 fully saturated rings. The normalized spacial score (nSPS) is 12.9. The topological polar surface area (TPSA) is 64.6 Å². The molecule has 28 heavy (non-hydrogen) atoms. The fraction of sp³-hybridized carbons (Fsp3) is 0.182. The number of esters is 1. The third kappa shape index (κ3) is 3.64. The lowest BCUT2D eigenvalue weighted by molar-refractivity contribution is -0.123. The molecule has 1 aliphatic heterocycles. The van der Waals surface area contributed by atoms with E-state index in [2.05, 4.69) is 5.32 Å². The number of aryl methyl sites for hydroxylation is 1. The summed E-state index contributed by atoms with van der Waals surface area (Å²) >= 11 is 1.36. The highest BCUT2D eigenvalue weighted by molar-refractivity contribution is 7.17. The molecule has 1 atom stereocenters. The Morgan fingerprint density at radius 3 is 2.68 bits per heavy atom. The highest BCUT2D eigenvalue weighted by Gasteiger charge is 2.25. The van der Waals surface area contributed by atoms with Gasteiger partial charge in [-0.05, 0) is 44.2 Å². The molecule has 1 N–H and O–H groups in total. The van der Waals surface area contributed by atoms with Crippen LogP contribution in [0.15, 0.2) is 54.6 Å². The molecular formula is C22H19NO4S. The van der Waals surface area contributed by atoms with E-state index in [1.54, 1.807) is 13.0 Å². The van der Waals surface area contributed by atoms with Crippen LogP contribution in [0.4, 0.5) is 5.69 Å². The third-order valence-electron chi connectivity index (χ3n) is 4.50. The van der Waals surface area contributed by atoms with Crippen LogP contribution in [0, 0.1) is 6.92 Å². The number of hydrogen-bond donors (Lipinski definition) is 1. The summed E-state index contributed by atoms with van der Waals surface area (Å²) in [5, 5.41) is 2.75. The maximum absolute atomic E-state index is 12.6. The first kappa shape index (κ1) is 18.3. The van der Waals surface area contributed by atoms with Gasteiger partial charge in [0, 0.05) is 21.7 Å². The first-order valence-corrected chi connectivity index (χ1v) is 9.76. The maximum Gasteiger partial charge on any atom is 0.349 e. The van der Waals surface area contributed by atoms with Gasteiger partial charge in [-0.2, -0.15) is 0 Å². The van der Waals surface area contributed by atoms with Gasteiger partial charge in [0.2, 0.25) is 0 Å². The molecule has 0 unspecified atom stereocenters. The second-order valence-electron chi connectivity index (χ2n) is 6.65. The van der Waals surface area contributed by atoms with E-state index in [1.807, 2.05) is 55.5 Å². The van der Waals surface area contributed by atoms with E-state index < -0.39 is 12.1 Å². The van der Waals surface area contributed by atoms with Gasteiger partial charge >= 0.3 is 5.97 Å². The predicted octanol–water partition coefficient (Wildman–Crippen LogP) is 4.80. The standard InChI is InChI=1S/C22H19NO4S/c1-13-7-9-16(10-8-13)23-21(24)14(2)27-22(25)19-11-15-12-26-18-6-4-3-5-17(18)20(15)28-19/h3-11,14H,12H2,1-2H3,(H,23,24)/t14-/m0/s1. The van der Waals surface area contributed by atoms with Crippen molar-refractivity contribution in [3.63, 3.8) is 0 Å². The zero-order valence-corrected chi connectivity index (χ0v) is 16.3. The van der Waals surface area contributed by atoms with E-state index >= 15 is 0 Å². The number of ether oxygens (including phenoxy) is 2. The van der Waals surface area contributed by atoms with Crippen LogP contribution >= 0.6 is 11.3 Å². The molecule has 1 amide bonds. The van der Waals surface area contributed by atoms with Gasteiger partial charge in [0.1, 0.15) is 17.2 Å². The number of thiophene rings is 1. The Balaban J connectivity index is 1.45. The van der Waals surface area contributed by atoms with Crippen molar-refractivity contribution < 1.29 is 19.1 Å². The van der Waals surface area contributed by atoms with E-state index in [0.29, 0.717) is 17.2 Å². The lowest BCUT2D eigenvalue weighted by Gasteiger charge is -2.16. The van der Waals surface area contributed by atoms with Crippen molar-refractivity contribution in [3.8, 4) is 16.2 Å². The minimum absolute atomic E-state index is 0.368. The Labute approximate surface area is 166 Å². The average molecular weight is 393 g/mol. The molecule has 0 bridgehead atoms. The zero-order chi connectivity index (χ0) is 19.7. The van der Waals surface area contributed by atoms with E-state index in [-0.39, 0.29) is 5.91 Å². The smallest absolute Gasteiger partial charge is 0.349 e. The first-order valence-electron chi connectivity index (χ1n) is 8.94. The largest absolute Gasteiger partial charge is 0.488 e. The van der Waals surface area contributed by atoms with E-state index in [9.17, 15) is 9.59 Å². The summed E-state index contributed by atoms with van der Waals surface area (Å²) in [7, 11) is 0. The number of para-hydroxylation sites is 1. The number of carbonyl (C=O) groups excluding carboxylic acids is 2. The van der Waals surface area contributed by atoms with Gasteiger partial charge in [-0.25, -0.2) is 4.79 Å². The summed E-state index contributed by atoms with van der Waals surface area (Å²) in [5.41, 5.74) is 3.69. The van der Waals surface area contributed by atoms with Gasteiger partial charge in [0.25, 0.3) is 5.91 Å². The molecule has 3 aromatic rings. The van der Waals surface area contributed by atoms with Crippen molar-refractivity contribution in [1.82, 2.24) is 0 Å². The highest BCUT2D eigenvalue weighted by Crippen LogP contribution is 2.42. The lowest BCUT2D eigenvalue weighted by Crippen LogP contribution is -2.29. The molecule has 6 heteroatoms. The monoisotopic (exact) mass is 393 g/mol. The number of anilines is 1. The van der Waals surface area contributed by atoms with E-state index in [0.717, 1.165) is 27.3 Å². The quantitative estimate of drug-likeness (QED) is 0.647. The molecule has 0 saturated heterocycles. The average Bonchev–Trinajstić information content (AvgIpc) is 3.14. The summed E-state index contributed by atoms with van der Waals surface area (Å²) < 4.78 is 11.1. The van der Waals surface area contributed by atoms with Crippen molar-refractivity contribution in [2.24, 2.45) is 0 Å². The zero-order valence-electron chi connectivity index (χ0n) is 15.5. The summed E-state index contributed by atoms with van der Waals surface area (Å²) in [5.74, 6) is -0.0711. The van der Waals surface area contributed by atoms with Gasteiger partial charge in [0.05, 0.1) is 0 Å². The van der Waals surface area contributed by atoms with Crippen molar-refractivity contribution >= 4 is 28.9 Å².